The van der Waals surface area contributed by atoms with Crippen LogP contribution in [0, 0.1) is 17.1 Å². The van der Waals surface area contributed by atoms with E-state index in [9.17, 15) is 36.4 Å². The second-order valence-electron chi connectivity index (χ2n) is 9.89. The third-order valence-corrected chi connectivity index (χ3v) is 9.10. The Morgan fingerprint density at radius 3 is 2.60 bits per heavy atom. The number of sulfonamides is 1. The van der Waals surface area contributed by atoms with Crippen molar-refractivity contribution in [2.45, 2.75) is 43.3 Å². The van der Waals surface area contributed by atoms with Crippen LogP contribution in [0.1, 0.15) is 36.4 Å². The van der Waals surface area contributed by atoms with Crippen molar-refractivity contribution in [2.24, 2.45) is 0 Å². The molecule has 1 aromatic carbocycles. The molecule has 2 aromatic heterocycles. The van der Waals surface area contributed by atoms with Gasteiger partial charge in [0.1, 0.15) is 23.7 Å². The highest BCUT2D eigenvalue weighted by atomic mass is 35.5. The van der Waals surface area contributed by atoms with E-state index < -0.39 is 70.3 Å². The van der Waals surface area contributed by atoms with Crippen molar-refractivity contribution in [3.8, 4) is 6.07 Å². The maximum Gasteiger partial charge on any atom is 0.252 e. The number of benzene rings is 1. The molecule has 0 radical (unpaired) electrons. The van der Waals surface area contributed by atoms with Gasteiger partial charge in [-0.15, -0.1) is 0 Å². The zero-order valence-corrected chi connectivity index (χ0v) is 23.2. The van der Waals surface area contributed by atoms with Crippen molar-refractivity contribution >= 4 is 44.9 Å². The molecule has 1 saturated heterocycles. The Labute approximate surface area is 243 Å². The molecule has 1 aliphatic carbocycles. The van der Waals surface area contributed by atoms with Crippen molar-refractivity contribution in [3.05, 3.63) is 83.0 Å². The van der Waals surface area contributed by atoms with Crippen LogP contribution < -0.4 is 14.5 Å². The van der Waals surface area contributed by atoms with Crippen LogP contribution in [0.5, 0.6) is 0 Å². The second-order valence-corrected chi connectivity index (χ2v) is 12.3. The first-order valence-electron chi connectivity index (χ1n) is 12.6. The van der Waals surface area contributed by atoms with Gasteiger partial charge in [-0.25, -0.2) is 30.9 Å². The van der Waals surface area contributed by atoms with Gasteiger partial charge in [-0.2, -0.15) is 5.26 Å². The lowest BCUT2D eigenvalue weighted by Gasteiger charge is -2.39. The first-order valence-corrected chi connectivity index (χ1v) is 14.6. The third-order valence-electron chi connectivity index (χ3n) is 6.97. The molecule has 1 unspecified atom stereocenters. The number of hydrogen-bond acceptors (Lipinski definition) is 7. The van der Waals surface area contributed by atoms with Gasteiger partial charge in [0.05, 0.1) is 35.5 Å². The highest BCUT2D eigenvalue weighted by molar-refractivity contribution is 7.93. The molecule has 0 bridgehead atoms. The molecule has 5 rings (SSSR count). The number of hydrogen-bond donors (Lipinski definition) is 1. The molecule has 1 aliphatic heterocycles. The van der Waals surface area contributed by atoms with E-state index >= 15 is 0 Å². The summed E-state index contributed by atoms with van der Waals surface area (Å²) in [6, 6.07) is 7.37. The fourth-order valence-electron chi connectivity index (χ4n) is 5.04. The molecule has 218 valence electrons. The first-order chi connectivity index (χ1) is 19.9. The molecule has 2 amide bonds. The SMILES string of the molecule is N#Cc1ccnc(N2C(C(=O)N(c3cncc(F)c3)[C@H](C(=O)NC3CC(F)(F)C3)c3ccccc3Cl)CCS2(=O)=O)c1. The quantitative estimate of drug-likeness (QED) is 0.426. The minimum atomic E-state index is -4.11. The number of pyridine rings is 2. The Morgan fingerprint density at radius 2 is 1.93 bits per heavy atom. The molecule has 2 fully saturated rings. The summed E-state index contributed by atoms with van der Waals surface area (Å²) in [4.78, 5) is 36.9. The number of alkyl halides is 2. The fraction of sp³-hybridized carbons (Fsp3) is 0.296. The van der Waals surface area contributed by atoms with Crippen molar-refractivity contribution in [3.63, 3.8) is 0 Å². The van der Waals surface area contributed by atoms with Gasteiger partial charge in [0.2, 0.25) is 15.9 Å². The second kappa shape index (κ2) is 11.2. The summed E-state index contributed by atoms with van der Waals surface area (Å²) >= 11 is 6.45. The van der Waals surface area contributed by atoms with Gasteiger partial charge in [0.25, 0.3) is 11.8 Å². The Bertz CT molecular complexity index is 1690. The van der Waals surface area contributed by atoms with E-state index in [-0.39, 0.29) is 34.1 Å². The maximum absolute atomic E-state index is 14.5. The predicted molar refractivity (Wildman–Crippen MR) is 146 cm³/mol. The van der Waals surface area contributed by atoms with E-state index in [1.165, 1.54) is 36.5 Å². The van der Waals surface area contributed by atoms with Crippen molar-refractivity contribution < 1.29 is 31.2 Å². The molecule has 15 heteroatoms. The van der Waals surface area contributed by atoms with E-state index in [4.69, 9.17) is 11.6 Å². The Hall–Kier alpha value is -4.22. The maximum atomic E-state index is 14.5. The van der Waals surface area contributed by atoms with Crippen LogP contribution in [0.25, 0.3) is 0 Å². The van der Waals surface area contributed by atoms with E-state index in [1.54, 1.807) is 6.07 Å². The highest BCUT2D eigenvalue weighted by Gasteiger charge is 2.49. The summed E-state index contributed by atoms with van der Waals surface area (Å²) in [6.45, 7) is 0. The Balaban J connectivity index is 1.63. The molecule has 10 nitrogen and oxygen atoms in total. The van der Waals surface area contributed by atoms with Gasteiger partial charge in [0, 0.05) is 41.7 Å². The van der Waals surface area contributed by atoms with Crippen LogP contribution in [0.3, 0.4) is 0 Å². The van der Waals surface area contributed by atoms with Crippen LogP contribution in [0.2, 0.25) is 5.02 Å². The monoisotopic (exact) mass is 618 g/mol. The number of halogens is 4. The zero-order chi connectivity index (χ0) is 30.2. The van der Waals surface area contributed by atoms with Crippen LogP contribution in [-0.4, -0.2) is 54.0 Å². The molecule has 3 heterocycles. The lowest BCUT2D eigenvalue weighted by atomic mass is 9.87. The standard InChI is InChI=1S/C27H22ClF3N6O4S/c28-21-4-2-1-3-20(21)24(25(38)35-18-11-27(30,31)12-18)36(19-10-17(29)14-33-15-19)26(39)22-6-8-42(40,41)37(22)23-9-16(13-32)5-7-34-23/h1-5,7,9-10,14-15,18,22,24H,6,8,11-12H2,(H,35,38)/t22?,24-/m0/s1. The van der Waals surface area contributed by atoms with Crippen LogP contribution in [0.15, 0.2) is 61.1 Å². The number of aromatic nitrogens is 2. The lowest BCUT2D eigenvalue weighted by Crippen LogP contribution is -2.56. The van der Waals surface area contributed by atoms with Crippen molar-refractivity contribution in [2.75, 3.05) is 15.0 Å². The Kier molecular flexibility index (Phi) is 7.82. The molecule has 0 spiro atoms. The molecule has 2 aliphatic rings. The van der Waals surface area contributed by atoms with Gasteiger partial charge in [-0.1, -0.05) is 29.8 Å². The molecule has 1 saturated carbocycles. The van der Waals surface area contributed by atoms with Gasteiger partial charge in [-0.3, -0.25) is 19.5 Å². The lowest BCUT2D eigenvalue weighted by molar-refractivity contribution is -0.133. The smallest absolute Gasteiger partial charge is 0.252 e. The van der Waals surface area contributed by atoms with Crippen molar-refractivity contribution in [1.29, 1.82) is 5.26 Å². The van der Waals surface area contributed by atoms with E-state index in [0.717, 1.165) is 27.7 Å². The number of rotatable bonds is 7. The Morgan fingerprint density at radius 1 is 1.19 bits per heavy atom. The summed E-state index contributed by atoms with van der Waals surface area (Å²) in [7, 11) is -4.11. The summed E-state index contributed by atoms with van der Waals surface area (Å²) < 4.78 is 68.7. The normalized spacial score (nSPS) is 19.8. The minimum absolute atomic E-state index is 0.0399. The molecule has 1 N–H and O–H groups in total. The number of anilines is 2. The molecule has 2 atom stereocenters. The number of carbonyl (C=O) groups is 2. The number of carbonyl (C=O) groups excluding carboxylic acids is 2. The number of amides is 2. The highest BCUT2D eigenvalue weighted by Crippen LogP contribution is 2.40. The first kappa shape index (κ1) is 29.3. The average molecular weight is 619 g/mol. The van der Waals surface area contributed by atoms with Crippen molar-refractivity contribution in [1.82, 2.24) is 15.3 Å². The average Bonchev–Trinajstić information content (AvgIpc) is 3.25. The molecule has 42 heavy (non-hydrogen) atoms. The fourth-order valence-corrected chi connectivity index (χ4v) is 6.96. The number of nitriles is 1. The summed E-state index contributed by atoms with van der Waals surface area (Å²) in [5, 5.41) is 11.9. The summed E-state index contributed by atoms with van der Waals surface area (Å²) in [6.07, 6.45) is 1.74. The van der Waals surface area contributed by atoms with E-state index in [2.05, 4.69) is 15.3 Å². The third kappa shape index (κ3) is 5.75. The molecular formula is C27H22ClF3N6O4S. The van der Waals surface area contributed by atoms with E-state index in [0.29, 0.717) is 0 Å². The van der Waals surface area contributed by atoms with Crippen LogP contribution in [-0.2, 0) is 19.6 Å². The molecular weight excluding hydrogens is 597 g/mol. The zero-order valence-electron chi connectivity index (χ0n) is 21.6. The topological polar surface area (TPSA) is 136 Å². The van der Waals surface area contributed by atoms with Crippen LogP contribution in [0.4, 0.5) is 24.7 Å². The van der Waals surface area contributed by atoms with Gasteiger partial charge >= 0.3 is 0 Å². The predicted octanol–water partition coefficient (Wildman–Crippen LogP) is 3.74. The van der Waals surface area contributed by atoms with Gasteiger partial charge in [0.15, 0.2) is 0 Å². The minimum Gasteiger partial charge on any atom is -0.351 e. The van der Waals surface area contributed by atoms with Gasteiger partial charge in [-0.05, 0) is 24.6 Å². The number of nitrogens with zero attached hydrogens (tertiary/aromatic N) is 5. The largest absolute Gasteiger partial charge is 0.351 e. The van der Waals surface area contributed by atoms with E-state index in [1.807, 2.05) is 6.07 Å². The van der Waals surface area contributed by atoms with Crippen LogP contribution >= 0.6 is 11.6 Å². The molecule has 3 aromatic rings. The summed E-state index contributed by atoms with van der Waals surface area (Å²) in [5.41, 5.74) is -0.0375. The van der Waals surface area contributed by atoms with Gasteiger partial charge < -0.3 is 5.32 Å². The number of nitrogens with one attached hydrogen (secondary N) is 1. The summed E-state index contributed by atoms with van der Waals surface area (Å²) in [5.74, 6) is -6.31.